The summed E-state index contributed by atoms with van der Waals surface area (Å²) in [5.74, 6) is -0.0458. The molecule has 4 nitrogen and oxygen atoms in total. The molecule has 0 bridgehead atoms. The number of nitrogens with zero attached hydrogens (tertiary/aromatic N) is 1. The van der Waals surface area contributed by atoms with Crippen LogP contribution in [-0.2, 0) is 6.42 Å². The molecule has 1 heterocycles. The third kappa shape index (κ3) is 2.88. The maximum Gasteiger partial charge on any atom is 0.274 e. The first-order valence-electron chi connectivity index (χ1n) is 8.70. The lowest BCUT2D eigenvalue weighted by atomic mass is 9.86. The number of hydrogen-bond acceptors (Lipinski definition) is 3. The van der Waals surface area contributed by atoms with Crippen molar-refractivity contribution in [3.63, 3.8) is 0 Å². The van der Waals surface area contributed by atoms with Crippen LogP contribution in [0, 0.1) is 0 Å². The fourth-order valence-electron chi connectivity index (χ4n) is 4.14. The Morgan fingerprint density at radius 2 is 1.96 bits per heavy atom. The summed E-state index contributed by atoms with van der Waals surface area (Å²) in [5, 5.41) is 8.74. The van der Waals surface area contributed by atoms with Gasteiger partial charge < -0.3 is 4.90 Å². The Labute approximate surface area is 147 Å². The van der Waals surface area contributed by atoms with E-state index < -0.39 is 5.91 Å². The molecule has 2 aromatic rings. The summed E-state index contributed by atoms with van der Waals surface area (Å²) >= 11 is 0. The molecule has 2 aromatic carbocycles. The molecule has 1 unspecified atom stereocenters. The van der Waals surface area contributed by atoms with E-state index in [1.165, 1.54) is 22.3 Å². The van der Waals surface area contributed by atoms with Crippen LogP contribution in [0.2, 0.25) is 0 Å². The number of carbonyl (C=O) groups is 1. The van der Waals surface area contributed by atoms with Gasteiger partial charge in [-0.05, 0) is 54.3 Å². The molecule has 0 saturated heterocycles. The zero-order valence-electron chi connectivity index (χ0n) is 14.3. The van der Waals surface area contributed by atoms with Gasteiger partial charge in [0.2, 0.25) is 0 Å². The van der Waals surface area contributed by atoms with E-state index >= 15 is 0 Å². The van der Waals surface area contributed by atoms with Crippen molar-refractivity contribution < 1.29 is 10.0 Å². The molecule has 0 spiro atoms. The number of benzene rings is 2. The zero-order chi connectivity index (χ0) is 17.4. The standard InChI is InChI=1S/C21H22N2O2/c1-23-11-10-18-19(16-4-2-3-5-17(16)20(18)13-23)12-14-6-8-15(9-7-14)21(24)22-25/h2-9,19,25H,10-13H2,1H3,(H,22,24). The summed E-state index contributed by atoms with van der Waals surface area (Å²) in [6.45, 7) is 2.14. The topological polar surface area (TPSA) is 52.6 Å². The first-order chi connectivity index (χ1) is 12.2. The largest absolute Gasteiger partial charge is 0.302 e. The van der Waals surface area contributed by atoms with Gasteiger partial charge in [-0.3, -0.25) is 10.0 Å². The zero-order valence-corrected chi connectivity index (χ0v) is 14.3. The van der Waals surface area contributed by atoms with Crippen LogP contribution in [0.4, 0.5) is 0 Å². The van der Waals surface area contributed by atoms with E-state index in [-0.39, 0.29) is 0 Å². The summed E-state index contributed by atoms with van der Waals surface area (Å²) in [6, 6.07) is 16.3. The molecule has 4 heteroatoms. The van der Waals surface area contributed by atoms with Crippen molar-refractivity contribution in [1.29, 1.82) is 0 Å². The predicted molar refractivity (Wildman–Crippen MR) is 97.6 cm³/mol. The lowest BCUT2D eigenvalue weighted by Crippen LogP contribution is -2.26. The highest BCUT2D eigenvalue weighted by atomic mass is 16.5. The fourth-order valence-corrected chi connectivity index (χ4v) is 4.14. The predicted octanol–water partition coefficient (Wildman–Crippen LogP) is 3.23. The Morgan fingerprint density at radius 3 is 2.72 bits per heavy atom. The van der Waals surface area contributed by atoms with Crippen LogP contribution in [0.3, 0.4) is 0 Å². The van der Waals surface area contributed by atoms with E-state index in [1.807, 2.05) is 12.1 Å². The second-order valence-electron chi connectivity index (χ2n) is 6.97. The van der Waals surface area contributed by atoms with E-state index in [2.05, 4.69) is 36.2 Å². The van der Waals surface area contributed by atoms with E-state index in [9.17, 15) is 4.79 Å². The average Bonchev–Trinajstić information content (AvgIpc) is 2.95. The number of nitrogens with one attached hydrogen (secondary N) is 1. The molecule has 128 valence electrons. The lowest BCUT2D eigenvalue weighted by molar-refractivity contribution is 0.0706. The third-order valence-electron chi connectivity index (χ3n) is 5.42. The van der Waals surface area contributed by atoms with Gasteiger partial charge in [0.25, 0.3) is 5.91 Å². The monoisotopic (exact) mass is 334 g/mol. The Balaban J connectivity index is 1.64. The number of hydrogen-bond donors (Lipinski definition) is 2. The van der Waals surface area contributed by atoms with Crippen molar-refractivity contribution >= 4 is 11.5 Å². The second-order valence-corrected chi connectivity index (χ2v) is 6.97. The number of amides is 1. The SMILES string of the molecule is CN1CCC2=C(C1)c1ccccc1C2Cc1ccc(C(=O)NO)cc1. The molecule has 0 fully saturated rings. The minimum Gasteiger partial charge on any atom is -0.302 e. The van der Waals surface area contributed by atoms with Crippen LogP contribution in [-0.4, -0.2) is 36.2 Å². The van der Waals surface area contributed by atoms with Crippen LogP contribution in [0.25, 0.3) is 5.57 Å². The molecule has 0 radical (unpaired) electrons. The molecule has 1 atom stereocenters. The van der Waals surface area contributed by atoms with Crippen molar-refractivity contribution in [3.8, 4) is 0 Å². The van der Waals surface area contributed by atoms with Gasteiger partial charge in [0, 0.05) is 24.6 Å². The molecule has 4 rings (SSSR count). The quantitative estimate of drug-likeness (QED) is 0.669. The van der Waals surface area contributed by atoms with Crippen molar-refractivity contribution in [3.05, 3.63) is 76.4 Å². The Morgan fingerprint density at radius 1 is 1.20 bits per heavy atom. The van der Waals surface area contributed by atoms with Crippen molar-refractivity contribution in [1.82, 2.24) is 10.4 Å². The third-order valence-corrected chi connectivity index (χ3v) is 5.42. The Bertz CT molecular complexity index is 839. The average molecular weight is 334 g/mol. The van der Waals surface area contributed by atoms with Gasteiger partial charge in [0.05, 0.1) is 0 Å². The second kappa shape index (κ2) is 6.47. The maximum atomic E-state index is 11.5. The molecule has 0 aromatic heterocycles. The Hall–Kier alpha value is -2.43. The summed E-state index contributed by atoms with van der Waals surface area (Å²) in [6.07, 6.45) is 2.07. The summed E-state index contributed by atoms with van der Waals surface area (Å²) < 4.78 is 0. The summed E-state index contributed by atoms with van der Waals surface area (Å²) in [7, 11) is 2.19. The molecule has 0 saturated carbocycles. The van der Waals surface area contributed by atoms with E-state index in [1.54, 1.807) is 23.2 Å². The highest BCUT2D eigenvalue weighted by molar-refractivity contribution is 5.93. The first-order valence-corrected chi connectivity index (χ1v) is 8.70. The van der Waals surface area contributed by atoms with Gasteiger partial charge in [0.1, 0.15) is 0 Å². The molecular weight excluding hydrogens is 312 g/mol. The number of hydroxylamine groups is 1. The minimum atomic E-state index is -0.474. The highest BCUT2D eigenvalue weighted by Crippen LogP contribution is 2.46. The van der Waals surface area contributed by atoms with Gasteiger partial charge in [-0.15, -0.1) is 0 Å². The smallest absolute Gasteiger partial charge is 0.274 e. The lowest BCUT2D eigenvalue weighted by Gasteiger charge is -2.27. The van der Waals surface area contributed by atoms with Gasteiger partial charge in [0.15, 0.2) is 0 Å². The summed E-state index contributed by atoms with van der Waals surface area (Å²) in [5.41, 5.74) is 9.28. The van der Waals surface area contributed by atoms with Gasteiger partial charge >= 0.3 is 0 Å². The maximum absolute atomic E-state index is 11.5. The minimum absolute atomic E-state index is 0.428. The molecular formula is C21H22N2O2. The van der Waals surface area contributed by atoms with Gasteiger partial charge in [-0.2, -0.15) is 0 Å². The van der Waals surface area contributed by atoms with Crippen LogP contribution in [0.1, 0.15) is 39.4 Å². The van der Waals surface area contributed by atoms with Crippen LogP contribution >= 0.6 is 0 Å². The number of rotatable bonds is 3. The van der Waals surface area contributed by atoms with Crippen LogP contribution in [0.5, 0.6) is 0 Å². The molecule has 2 N–H and O–H groups in total. The molecule has 1 aliphatic carbocycles. The number of likely N-dealkylation sites (N-methyl/N-ethyl adjacent to an activating group) is 1. The summed E-state index contributed by atoms with van der Waals surface area (Å²) in [4.78, 5) is 13.9. The van der Waals surface area contributed by atoms with Crippen molar-refractivity contribution in [2.24, 2.45) is 0 Å². The fraction of sp³-hybridized carbons (Fsp3) is 0.286. The normalized spacial score (nSPS) is 19.5. The van der Waals surface area contributed by atoms with E-state index in [4.69, 9.17) is 5.21 Å². The Kier molecular flexibility index (Phi) is 4.15. The first kappa shape index (κ1) is 16.1. The van der Waals surface area contributed by atoms with Gasteiger partial charge in [-0.1, -0.05) is 42.0 Å². The van der Waals surface area contributed by atoms with Crippen molar-refractivity contribution in [2.45, 2.75) is 18.8 Å². The highest BCUT2D eigenvalue weighted by Gasteiger charge is 2.33. The molecule has 1 amide bonds. The number of fused-ring (bicyclic) bond motifs is 2. The number of carbonyl (C=O) groups excluding carboxylic acids is 1. The van der Waals surface area contributed by atoms with Crippen molar-refractivity contribution in [2.75, 3.05) is 20.1 Å². The molecule has 25 heavy (non-hydrogen) atoms. The molecule has 2 aliphatic rings. The van der Waals surface area contributed by atoms with Gasteiger partial charge in [-0.25, -0.2) is 5.48 Å². The van der Waals surface area contributed by atoms with E-state index in [0.717, 1.165) is 25.9 Å². The molecule has 1 aliphatic heterocycles. The van der Waals surface area contributed by atoms with E-state index in [0.29, 0.717) is 11.5 Å². The van der Waals surface area contributed by atoms with Crippen LogP contribution in [0.15, 0.2) is 54.1 Å². The van der Waals surface area contributed by atoms with Crippen LogP contribution < -0.4 is 5.48 Å².